The van der Waals surface area contributed by atoms with E-state index in [-0.39, 0.29) is 0 Å². The van der Waals surface area contributed by atoms with E-state index in [1.54, 1.807) is 11.8 Å². The molecule has 0 aliphatic rings. The Bertz CT molecular complexity index is 437. The van der Waals surface area contributed by atoms with Gasteiger partial charge in [0.15, 0.2) is 5.16 Å². The second-order valence-corrected chi connectivity index (χ2v) is 4.67. The summed E-state index contributed by atoms with van der Waals surface area (Å²) in [6, 6.07) is 6.25. The fraction of sp³-hybridized carbons (Fsp3) is 0.300. The highest BCUT2D eigenvalue weighted by Gasteiger charge is 2.02. The number of fused-ring (bicyclic) bond motifs is 1. The maximum absolute atomic E-state index is 4.46. The summed E-state index contributed by atoms with van der Waals surface area (Å²) in [7, 11) is 0. The molecule has 2 rings (SSSR count). The molecule has 0 unspecified atom stereocenters. The van der Waals surface area contributed by atoms with Gasteiger partial charge < -0.3 is 4.98 Å². The topological polar surface area (TPSA) is 28.7 Å². The van der Waals surface area contributed by atoms with Crippen LogP contribution in [0.15, 0.2) is 23.4 Å². The number of thiol groups is 1. The molecule has 0 aliphatic heterocycles. The van der Waals surface area contributed by atoms with Crippen LogP contribution < -0.4 is 0 Å². The Morgan fingerprint density at radius 1 is 1.50 bits per heavy atom. The summed E-state index contributed by atoms with van der Waals surface area (Å²) in [5.41, 5.74) is 3.41. The minimum Gasteiger partial charge on any atom is -0.333 e. The fourth-order valence-corrected chi connectivity index (χ4v) is 2.21. The van der Waals surface area contributed by atoms with Crippen molar-refractivity contribution in [1.82, 2.24) is 9.97 Å². The summed E-state index contributed by atoms with van der Waals surface area (Å²) in [5.74, 6) is 1.86. The third-order valence-electron chi connectivity index (χ3n) is 1.95. The van der Waals surface area contributed by atoms with Crippen LogP contribution in [0.5, 0.6) is 0 Å². The van der Waals surface area contributed by atoms with Crippen LogP contribution in [0.1, 0.15) is 5.56 Å². The summed E-state index contributed by atoms with van der Waals surface area (Å²) >= 11 is 5.88. The Balaban J connectivity index is 2.32. The molecule has 1 aromatic heterocycles. The second-order valence-electron chi connectivity index (χ2n) is 3.13. The van der Waals surface area contributed by atoms with Crippen LogP contribution in [-0.2, 0) is 0 Å². The molecule has 14 heavy (non-hydrogen) atoms. The molecule has 0 atom stereocenters. The van der Waals surface area contributed by atoms with Crippen LogP contribution in [-0.4, -0.2) is 21.5 Å². The van der Waals surface area contributed by atoms with E-state index in [0.29, 0.717) is 0 Å². The number of benzene rings is 1. The van der Waals surface area contributed by atoms with Gasteiger partial charge in [-0.15, -0.1) is 0 Å². The number of imidazole rings is 1. The summed E-state index contributed by atoms with van der Waals surface area (Å²) in [6.45, 7) is 2.08. The number of nitrogens with one attached hydrogen (secondary N) is 1. The molecular formula is C10H12N2S2. The standard InChI is InChI=1S/C10H12N2S2/c1-7-2-3-8-9(6-7)12-10(11-8)14-5-4-13/h2-3,6,13H,4-5H2,1H3,(H,11,12). The normalized spacial score (nSPS) is 11.0. The molecule has 0 amide bonds. The van der Waals surface area contributed by atoms with E-state index in [1.165, 1.54) is 5.56 Å². The van der Waals surface area contributed by atoms with Gasteiger partial charge in [-0.1, -0.05) is 17.8 Å². The van der Waals surface area contributed by atoms with Crippen molar-refractivity contribution >= 4 is 35.4 Å². The summed E-state index contributed by atoms with van der Waals surface area (Å²) < 4.78 is 0. The smallest absolute Gasteiger partial charge is 0.166 e. The van der Waals surface area contributed by atoms with Gasteiger partial charge in [-0.2, -0.15) is 12.6 Å². The third kappa shape index (κ3) is 2.07. The lowest BCUT2D eigenvalue weighted by molar-refractivity contribution is 1.08. The largest absolute Gasteiger partial charge is 0.333 e. The first-order valence-electron chi connectivity index (χ1n) is 4.49. The van der Waals surface area contributed by atoms with Gasteiger partial charge in [0, 0.05) is 5.75 Å². The molecule has 0 bridgehead atoms. The number of aromatic nitrogens is 2. The zero-order chi connectivity index (χ0) is 9.97. The van der Waals surface area contributed by atoms with Gasteiger partial charge in [-0.05, 0) is 30.4 Å². The van der Waals surface area contributed by atoms with Crippen molar-refractivity contribution in [2.24, 2.45) is 0 Å². The van der Waals surface area contributed by atoms with Gasteiger partial charge >= 0.3 is 0 Å². The number of aromatic amines is 1. The summed E-state index contributed by atoms with van der Waals surface area (Å²) in [6.07, 6.45) is 0. The van der Waals surface area contributed by atoms with Crippen LogP contribution in [0, 0.1) is 6.92 Å². The maximum Gasteiger partial charge on any atom is 0.166 e. The van der Waals surface area contributed by atoms with Crippen molar-refractivity contribution in [2.75, 3.05) is 11.5 Å². The number of aryl methyl sites for hydroxylation is 1. The first-order valence-corrected chi connectivity index (χ1v) is 6.11. The van der Waals surface area contributed by atoms with Crippen LogP contribution in [0.3, 0.4) is 0 Å². The number of rotatable bonds is 3. The SMILES string of the molecule is Cc1ccc2nc(SCCS)[nH]c2c1. The lowest BCUT2D eigenvalue weighted by atomic mass is 10.2. The Morgan fingerprint density at radius 3 is 3.14 bits per heavy atom. The Kier molecular flexibility index (Phi) is 3.03. The highest BCUT2D eigenvalue weighted by Crippen LogP contribution is 2.20. The molecule has 0 saturated carbocycles. The molecular weight excluding hydrogens is 212 g/mol. The van der Waals surface area contributed by atoms with E-state index >= 15 is 0 Å². The minimum absolute atomic E-state index is 0.876. The lowest BCUT2D eigenvalue weighted by Crippen LogP contribution is -1.80. The van der Waals surface area contributed by atoms with Gasteiger partial charge in [-0.25, -0.2) is 4.98 Å². The average Bonchev–Trinajstić information content (AvgIpc) is 2.56. The van der Waals surface area contributed by atoms with Crippen LogP contribution in [0.25, 0.3) is 11.0 Å². The number of thioether (sulfide) groups is 1. The van der Waals surface area contributed by atoms with Crippen molar-refractivity contribution < 1.29 is 0 Å². The molecule has 4 heteroatoms. The Hall–Kier alpha value is -0.610. The molecule has 1 N–H and O–H groups in total. The molecule has 0 spiro atoms. The predicted molar refractivity (Wildman–Crippen MR) is 65.4 cm³/mol. The minimum atomic E-state index is 0.876. The molecule has 2 aromatic rings. The number of H-pyrrole nitrogens is 1. The van der Waals surface area contributed by atoms with Gasteiger partial charge in [0.25, 0.3) is 0 Å². The lowest BCUT2D eigenvalue weighted by Gasteiger charge is -1.90. The first kappa shape index (κ1) is 9.93. The van der Waals surface area contributed by atoms with Crippen molar-refractivity contribution in [3.63, 3.8) is 0 Å². The molecule has 74 valence electrons. The van der Waals surface area contributed by atoms with E-state index in [0.717, 1.165) is 27.7 Å². The van der Waals surface area contributed by atoms with Crippen molar-refractivity contribution in [3.8, 4) is 0 Å². The molecule has 0 saturated heterocycles. The van der Waals surface area contributed by atoms with Crippen LogP contribution in [0.2, 0.25) is 0 Å². The van der Waals surface area contributed by atoms with Crippen LogP contribution in [0.4, 0.5) is 0 Å². The predicted octanol–water partition coefficient (Wildman–Crippen LogP) is 2.89. The van der Waals surface area contributed by atoms with Crippen molar-refractivity contribution in [2.45, 2.75) is 12.1 Å². The molecule has 1 aromatic carbocycles. The van der Waals surface area contributed by atoms with E-state index in [1.807, 2.05) is 6.07 Å². The van der Waals surface area contributed by atoms with E-state index in [2.05, 4.69) is 41.7 Å². The number of hydrogen-bond acceptors (Lipinski definition) is 3. The van der Waals surface area contributed by atoms with Gasteiger partial charge in [0.1, 0.15) is 0 Å². The summed E-state index contributed by atoms with van der Waals surface area (Å²) in [4.78, 5) is 7.75. The number of hydrogen-bond donors (Lipinski definition) is 2. The van der Waals surface area contributed by atoms with E-state index in [4.69, 9.17) is 0 Å². The quantitative estimate of drug-likeness (QED) is 0.620. The Morgan fingerprint density at radius 2 is 2.36 bits per heavy atom. The maximum atomic E-state index is 4.46. The molecule has 0 fully saturated rings. The average molecular weight is 224 g/mol. The molecule has 0 radical (unpaired) electrons. The van der Waals surface area contributed by atoms with Gasteiger partial charge in [-0.3, -0.25) is 0 Å². The second kappa shape index (κ2) is 4.28. The monoisotopic (exact) mass is 224 g/mol. The zero-order valence-corrected chi connectivity index (χ0v) is 9.66. The molecule has 1 heterocycles. The molecule has 2 nitrogen and oxygen atoms in total. The van der Waals surface area contributed by atoms with E-state index in [9.17, 15) is 0 Å². The zero-order valence-electron chi connectivity index (χ0n) is 7.95. The van der Waals surface area contributed by atoms with Gasteiger partial charge in [0.2, 0.25) is 0 Å². The third-order valence-corrected chi connectivity index (χ3v) is 3.35. The fourth-order valence-electron chi connectivity index (χ4n) is 1.31. The van der Waals surface area contributed by atoms with Crippen LogP contribution >= 0.6 is 24.4 Å². The summed E-state index contributed by atoms with van der Waals surface area (Å²) in [5, 5.41) is 0.986. The first-order chi connectivity index (χ1) is 6.79. The van der Waals surface area contributed by atoms with E-state index < -0.39 is 0 Å². The molecule has 0 aliphatic carbocycles. The van der Waals surface area contributed by atoms with Crippen molar-refractivity contribution in [1.29, 1.82) is 0 Å². The number of nitrogens with zero attached hydrogens (tertiary/aromatic N) is 1. The van der Waals surface area contributed by atoms with Crippen molar-refractivity contribution in [3.05, 3.63) is 23.8 Å². The Labute approximate surface area is 92.9 Å². The van der Waals surface area contributed by atoms with Gasteiger partial charge in [0.05, 0.1) is 11.0 Å². The highest BCUT2D eigenvalue weighted by molar-refractivity contribution is 7.99. The highest BCUT2D eigenvalue weighted by atomic mass is 32.2.